The smallest absolute Gasteiger partial charge is 0.232 e. The summed E-state index contributed by atoms with van der Waals surface area (Å²) in [6, 6.07) is 3.51. The van der Waals surface area contributed by atoms with Crippen LogP contribution in [0.5, 0.6) is 0 Å². The van der Waals surface area contributed by atoms with Gasteiger partial charge in [0.15, 0.2) is 10.8 Å². The highest BCUT2D eigenvalue weighted by molar-refractivity contribution is 6.31. The maximum absolute atomic E-state index is 13.1. The van der Waals surface area contributed by atoms with Crippen LogP contribution in [-0.4, -0.2) is 25.5 Å². The number of anilines is 1. The molecule has 0 saturated heterocycles. The molecule has 3 aromatic heterocycles. The van der Waals surface area contributed by atoms with Crippen LogP contribution in [0.4, 0.5) is 5.69 Å². The van der Waals surface area contributed by atoms with Gasteiger partial charge in [-0.3, -0.25) is 9.78 Å². The molecule has 0 aromatic carbocycles. The minimum absolute atomic E-state index is 0.0942. The predicted octanol–water partition coefficient (Wildman–Crippen LogP) is 4.71. The Kier molecular flexibility index (Phi) is 3.93. The number of fused-ring (bicyclic) bond motifs is 3. The number of nitrogens with zero attached hydrogens (tertiary/aromatic N) is 4. The highest BCUT2D eigenvalue weighted by Crippen LogP contribution is 2.46. The Morgan fingerprint density at radius 3 is 2.71 bits per heavy atom. The lowest BCUT2D eigenvalue weighted by atomic mass is 9.88. The predicted molar refractivity (Wildman–Crippen MR) is 108 cm³/mol. The van der Waals surface area contributed by atoms with E-state index in [-0.39, 0.29) is 17.2 Å². The van der Waals surface area contributed by atoms with Crippen molar-refractivity contribution in [1.29, 1.82) is 0 Å². The lowest BCUT2D eigenvalue weighted by Crippen LogP contribution is -2.21. The normalized spacial score (nSPS) is 20.4. The number of pyridine rings is 1. The van der Waals surface area contributed by atoms with Gasteiger partial charge in [0.05, 0.1) is 34.2 Å². The van der Waals surface area contributed by atoms with Gasteiger partial charge in [-0.2, -0.15) is 5.10 Å². The summed E-state index contributed by atoms with van der Waals surface area (Å²) in [6.45, 7) is 4.22. The van der Waals surface area contributed by atoms with Crippen molar-refractivity contribution in [2.45, 2.75) is 50.4 Å². The Balaban J connectivity index is 1.47. The maximum Gasteiger partial charge on any atom is 0.232 e. The van der Waals surface area contributed by atoms with E-state index in [1.165, 1.54) is 0 Å². The fourth-order valence-electron chi connectivity index (χ4n) is 4.21. The van der Waals surface area contributed by atoms with E-state index >= 15 is 0 Å². The number of aromatic nitrogens is 4. The summed E-state index contributed by atoms with van der Waals surface area (Å²) >= 11 is 12.4. The molecule has 2 aliphatic carbocycles. The Bertz CT molecular complexity index is 1120. The number of rotatable bonds is 3. The Morgan fingerprint density at radius 1 is 1.21 bits per heavy atom. The molecule has 1 fully saturated rings. The maximum atomic E-state index is 13.1. The second-order valence-electron chi connectivity index (χ2n) is 8.29. The number of amides is 1. The molecule has 1 amide bonds. The van der Waals surface area contributed by atoms with Crippen LogP contribution in [0.25, 0.3) is 5.65 Å². The SMILES string of the molecule is CC1(C)C[C@H](C(=O)Nc2cnc(C3CC3)c(Cl)c2)c2cnc3cc(Cl)nn3c21. The first-order valence-corrected chi connectivity index (χ1v) is 10.1. The summed E-state index contributed by atoms with van der Waals surface area (Å²) < 4.78 is 1.76. The third-order valence-corrected chi connectivity index (χ3v) is 6.12. The summed E-state index contributed by atoms with van der Waals surface area (Å²) in [5.74, 6) is 0.0455. The molecule has 0 bridgehead atoms. The quantitative estimate of drug-likeness (QED) is 0.671. The highest BCUT2D eigenvalue weighted by Gasteiger charge is 2.43. The summed E-state index contributed by atoms with van der Waals surface area (Å²) in [5, 5.41) is 8.34. The van der Waals surface area contributed by atoms with Crippen molar-refractivity contribution in [3.8, 4) is 0 Å². The van der Waals surface area contributed by atoms with E-state index in [0.717, 1.165) is 29.8 Å². The molecule has 1 N–H and O–H groups in total. The molecule has 0 spiro atoms. The standard InChI is InChI=1S/C20H19Cl2N5O/c1-20(2)7-12(13-9-23-16-6-15(22)26-27(16)18(13)20)19(28)25-11-5-14(21)17(24-8-11)10-3-4-10/h5-6,8-10,12H,3-4,7H2,1-2H3,(H,25,28)/t12-/m0/s1. The fourth-order valence-corrected chi connectivity index (χ4v) is 4.70. The highest BCUT2D eigenvalue weighted by atomic mass is 35.5. The minimum atomic E-state index is -0.327. The third kappa shape index (κ3) is 2.86. The molecule has 8 heteroatoms. The Hall–Kier alpha value is -2.18. The molecule has 0 unspecified atom stereocenters. The van der Waals surface area contributed by atoms with Crippen LogP contribution in [0.3, 0.4) is 0 Å². The average Bonchev–Trinajstić information content (AvgIpc) is 3.32. The first-order chi connectivity index (χ1) is 13.3. The van der Waals surface area contributed by atoms with Crippen LogP contribution in [-0.2, 0) is 10.2 Å². The molecule has 3 aromatic rings. The van der Waals surface area contributed by atoms with Crippen LogP contribution in [0.1, 0.15) is 61.9 Å². The number of carbonyl (C=O) groups excluding carboxylic acids is 1. The summed E-state index contributed by atoms with van der Waals surface area (Å²) in [4.78, 5) is 22.0. The largest absolute Gasteiger partial charge is 0.324 e. The molecule has 2 aliphatic rings. The molecule has 0 radical (unpaired) electrons. The van der Waals surface area contributed by atoms with Gasteiger partial charge in [0.2, 0.25) is 5.91 Å². The first-order valence-electron chi connectivity index (χ1n) is 9.34. The van der Waals surface area contributed by atoms with Gasteiger partial charge < -0.3 is 5.32 Å². The molecular weight excluding hydrogens is 397 g/mol. The summed E-state index contributed by atoms with van der Waals surface area (Å²) in [6.07, 6.45) is 6.38. The van der Waals surface area contributed by atoms with Crippen molar-refractivity contribution in [3.05, 3.63) is 51.7 Å². The van der Waals surface area contributed by atoms with E-state index in [0.29, 0.717) is 33.8 Å². The number of hydrogen-bond acceptors (Lipinski definition) is 4. The van der Waals surface area contributed by atoms with Crippen molar-refractivity contribution in [2.75, 3.05) is 5.32 Å². The van der Waals surface area contributed by atoms with E-state index < -0.39 is 0 Å². The lowest BCUT2D eigenvalue weighted by molar-refractivity contribution is -0.117. The molecule has 1 saturated carbocycles. The molecule has 28 heavy (non-hydrogen) atoms. The van der Waals surface area contributed by atoms with Gasteiger partial charge in [0.25, 0.3) is 0 Å². The molecule has 5 rings (SSSR count). The second-order valence-corrected chi connectivity index (χ2v) is 9.09. The minimum Gasteiger partial charge on any atom is -0.324 e. The number of nitrogens with one attached hydrogen (secondary N) is 1. The number of carbonyl (C=O) groups is 1. The van der Waals surface area contributed by atoms with Crippen LogP contribution in [0.2, 0.25) is 10.2 Å². The van der Waals surface area contributed by atoms with E-state index in [1.54, 1.807) is 29.0 Å². The fraction of sp³-hybridized carbons (Fsp3) is 0.400. The molecular formula is C20H19Cl2N5O. The second kappa shape index (κ2) is 6.16. The van der Waals surface area contributed by atoms with Gasteiger partial charge in [-0.1, -0.05) is 37.0 Å². The Morgan fingerprint density at radius 2 is 2.00 bits per heavy atom. The molecule has 6 nitrogen and oxygen atoms in total. The van der Waals surface area contributed by atoms with Crippen molar-refractivity contribution in [3.63, 3.8) is 0 Å². The van der Waals surface area contributed by atoms with Gasteiger partial charge in [-0.15, -0.1) is 0 Å². The van der Waals surface area contributed by atoms with E-state index in [4.69, 9.17) is 23.2 Å². The number of halogens is 2. The van der Waals surface area contributed by atoms with E-state index in [9.17, 15) is 4.79 Å². The van der Waals surface area contributed by atoms with E-state index in [2.05, 4.69) is 34.2 Å². The molecule has 3 heterocycles. The van der Waals surface area contributed by atoms with Crippen LogP contribution in [0, 0.1) is 0 Å². The van der Waals surface area contributed by atoms with E-state index in [1.807, 2.05) is 0 Å². The van der Waals surface area contributed by atoms with Gasteiger partial charge in [0, 0.05) is 29.2 Å². The molecule has 1 atom stereocenters. The summed E-state index contributed by atoms with van der Waals surface area (Å²) in [7, 11) is 0. The van der Waals surface area contributed by atoms with Crippen molar-refractivity contribution < 1.29 is 4.79 Å². The third-order valence-electron chi connectivity index (χ3n) is 5.63. The zero-order valence-electron chi connectivity index (χ0n) is 15.5. The monoisotopic (exact) mass is 415 g/mol. The zero-order valence-corrected chi connectivity index (χ0v) is 17.1. The van der Waals surface area contributed by atoms with Crippen molar-refractivity contribution in [2.24, 2.45) is 0 Å². The van der Waals surface area contributed by atoms with Gasteiger partial charge >= 0.3 is 0 Å². The Labute approximate surface area is 172 Å². The van der Waals surface area contributed by atoms with Crippen LogP contribution >= 0.6 is 23.2 Å². The van der Waals surface area contributed by atoms with Gasteiger partial charge in [-0.25, -0.2) is 9.50 Å². The van der Waals surface area contributed by atoms with Gasteiger partial charge in [-0.05, 0) is 25.3 Å². The number of hydrogen-bond donors (Lipinski definition) is 1. The topological polar surface area (TPSA) is 72.2 Å². The van der Waals surface area contributed by atoms with Crippen molar-refractivity contribution >= 4 is 40.4 Å². The summed E-state index contributed by atoms with van der Waals surface area (Å²) in [5.41, 5.74) is 3.84. The zero-order chi connectivity index (χ0) is 19.6. The first kappa shape index (κ1) is 17.9. The molecule has 144 valence electrons. The van der Waals surface area contributed by atoms with Crippen LogP contribution < -0.4 is 5.32 Å². The van der Waals surface area contributed by atoms with Crippen LogP contribution in [0.15, 0.2) is 24.5 Å². The lowest BCUT2D eigenvalue weighted by Gasteiger charge is -2.19. The van der Waals surface area contributed by atoms with Gasteiger partial charge in [0.1, 0.15) is 0 Å². The average molecular weight is 416 g/mol. The molecule has 0 aliphatic heterocycles. The van der Waals surface area contributed by atoms with Crippen molar-refractivity contribution in [1.82, 2.24) is 19.6 Å².